The van der Waals surface area contributed by atoms with Crippen LogP contribution in [0.1, 0.15) is 19.8 Å². The van der Waals surface area contributed by atoms with Gasteiger partial charge in [-0.05, 0) is 19.1 Å². The molecule has 4 nitrogen and oxygen atoms in total. The van der Waals surface area contributed by atoms with Crippen LogP contribution >= 0.6 is 11.8 Å². The zero-order chi connectivity index (χ0) is 14.7. The van der Waals surface area contributed by atoms with Crippen molar-refractivity contribution >= 4 is 17.5 Å². The monoisotopic (exact) mass is 306 g/mol. The molecular formula is C16H18O4S. The van der Waals surface area contributed by atoms with E-state index >= 15 is 0 Å². The Hall–Kier alpha value is -0.880. The number of thioether (sulfide) groups is 1. The van der Waals surface area contributed by atoms with Gasteiger partial charge < -0.3 is 14.6 Å². The van der Waals surface area contributed by atoms with Crippen molar-refractivity contribution in [3.63, 3.8) is 0 Å². The van der Waals surface area contributed by atoms with Crippen LogP contribution in [0.4, 0.5) is 0 Å². The number of ketones is 1. The Morgan fingerprint density at radius 3 is 2.86 bits per heavy atom. The molecule has 3 bridgehead atoms. The molecule has 0 amide bonds. The van der Waals surface area contributed by atoms with Gasteiger partial charge in [0.15, 0.2) is 12.1 Å². The first-order chi connectivity index (χ1) is 10.0. The third-order valence-electron chi connectivity index (χ3n) is 4.99. The van der Waals surface area contributed by atoms with E-state index in [2.05, 4.69) is 12.1 Å². The predicted octanol–water partition coefficient (Wildman–Crippen LogP) is 2.21. The average molecular weight is 306 g/mol. The molecule has 0 spiro atoms. The van der Waals surface area contributed by atoms with Gasteiger partial charge in [-0.25, -0.2) is 0 Å². The molecule has 1 aromatic carbocycles. The first-order valence-corrected chi connectivity index (χ1v) is 8.28. The van der Waals surface area contributed by atoms with Crippen molar-refractivity contribution in [1.82, 2.24) is 0 Å². The molecule has 2 heterocycles. The van der Waals surface area contributed by atoms with E-state index in [1.54, 1.807) is 18.7 Å². The zero-order valence-electron chi connectivity index (χ0n) is 11.8. The second-order valence-corrected chi connectivity index (χ2v) is 7.45. The van der Waals surface area contributed by atoms with Crippen LogP contribution in [0.15, 0.2) is 35.2 Å². The van der Waals surface area contributed by atoms with Gasteiger partial charge in [-0.2, -0.15) is 0 Å². The van der Waals surface area contributed by atoms with Gasteiger partial charge in [-0.15, -0.1) is 11.8 Å². The summed E-state index contributed by atoms with van der Waals surface area (Å²) in [6.45, 7) is 1.79. The van der Waals surface area contributed by atoms with Crippen LogP contribution in [0, 0.1) is 11.8 Å². The lowest BCUT2D eigenvalue weighted by molar-refractivity contribution is -0.266. The number of aliphatic hydroxyl groups is 1. The summed E-state index contributed by atoms with van der Waals surface area (Å²) in [7, 11) is 0. The summed E-state index contributed by atoms with van der Waals surface area (Å²) < 4.78 is 11.7. The topological polar surface area (TPSA) is 55.8 Å². The molecule has 1 N–H and O–H groups in total. The molecule has 3 aliphatic rings. The van der Waals surface area contributed by atoms with Crippen molar-refractivity contribution < 1.29 is 19.4 Å². The van der Waals surface area contributed by atoms with Crippen LogP contribution in [-0.4, -0.2) is 34.3 Å². The van der Waals surface area contributed by atoms with Crippen molar-refractivity contribution in [1.29, 1.82) is 0 Å². The summed E-state index contributed by atoms with van der Waals surface area (Å²) >= 11 is 1.71. The van der Waals surface area contributed by atoms with Crippen LogP contribution in [0.3, 0.4) is 0 Å². The van der Waals surface area contributed by atoms with Crippen LogP contribution in [-0.2, 0) is 14.3 Å². The second-order valence-electron chi connectivity index (χ2n) is 6.36. The Labute approximate surface area is 127 Å². The molecule has 1 aromatic rings. The first kappa shape index (κ1) is 13.8. The van der Waals surface area contributed by atoms with Crippen LogP contribution in [0.2, 0.25) is 0 Å². The number of fused-ring (bicyclic) bond motifs is 2. The van der Waals surface area contributed by atoms with Gasteiger partial charge in [0.05, 0.1) is 0 Å². The van der Waals surface area contributed by atoms with Gasteiger partial charge in [0.1, 0.15) is 11.4 Å². The highest BCUT2D eigenvalue weighted by molar-refractivity contribution is 7.99. The van der Waals surface area contributed by atoms with E-state index in [9.17, 15) is 9.90 Å². The number of carbonyl (C=O) groups excluding carboxylic acids is 1. The van der Waals surface area contributed by atoms with Crippen LogP contribution in [0.5, 0.6) is 0 Å². The number of hydrogen-bond donors (Lipinski definition) is 1. The smallest absolute Gasteiger partial charge is 0.198 e. The Kier molecular flexibility index (Phi) is 2.99. The van der Waals surface area contributed by atoms with Gasteiger partial charge >= 0.3 is 0 Å². The minimum Gasteiger partial charge on any atom is -0.363 e. The molecule has 0 radical (unpaired) electrons. The number of hydrogen-bond acceptors (Lipinski definition) is 5. The lowest BCUT2D eigenvalue weighted by atomic mass is 9.70. The van der Waals surface area contributed by atoms with Crippen molar-refractivity contribution in [3.8, 4) is 0 Å². The number of Topliss-reactive ketones (excluding diaryl/α,β-unsaturated/α-hetero) is 1. The Bertz CT molecular complexity index is 577. The minimum atomic E-state index is -1.29. The number of rotatable bonds is 3. The third kappa shape index (κ3) is 1.99. The minimum absolute atomic E-state index is 0.00676. The molecule has 4 rings (SSSR count). The fourth-order valence-electron chi connectivity index (χ4n) is 3.67. The summed E-state index contributed by atoms with van der Waals surface area (Å²) in [5.41, 5.74) is -0.878. The summed E-state index contributed by atoms with van der Waals surface area (Å²) in [5, 5.41) is 10.6. The fourth-order valence-corrected chi connectivity index (χ4v) is 4.79. The zero-order valence-corrected chi connectivity index (χ0v) is 12.6. The molecule has 112 valence electrons. The van der Waals surface area contributed by atoms with Crippen molar-refractivity contribution in [2.45, 2.75) is 42.3 Å². The lowest BCUT2D eigenvalue weighted by Gasteiger charge is -2.45. The van der Waals surface area contributed by atoms with E-state index in [0.29, 0.717) is 6.42 Å². The first-order valence-electron chi connectivity index (χ1n) is 7.29. The predicted molar refractivity (Wildman–Crippen MR) is 77.7 cm³/mol. The van der Waals surface area contributed by atoms with Crippen molar-refractivity contribution in [2.75, 3.05) is 5.75 Å². The lowest BCUT2D eigenvalue weighted by Crippen LogP contribution is -2.59. The Morgan fingerprint density at radius 2 is 2.10 bits per heavy atom. The average Bonchev–Trinajstić information content (AvgIpc) is 2.61. The molecule has 1 saturated carbocycles. The van der Waals surface area contributed by atoms with Crippen molar-refractivity contribution in [2.24, 2.45) is 11.8 Å². The number of benzene rings is 1. The summed E-state index contributed by atoms with van der Waals surface area (Å²) in [5.74, 6) is -0.471. The van der Waals surface area contributed by atoms with E-state index in [4.69, 9.17) is 9.47 Å². The maximum Gasteiger partial charge on any atom is 0.198 e. The largest absolute Gasteiger partial charge is 0.363 e. The molecule has 2 aliphatic heterocycles. The van der Waals surface area contributed by atoms with E-state index in [0.717, 1.165) is 5.75 Å². The standard InChI is InChI=1S/C16H18O4S/c1-15-8-13(17)11-7-16(15,18)20-14(19-15)12(11)9-21-10-5-3-2-4-6-10/h2-6,11-12,14,18H,7-9H2,1H3/t11-,12-,14+,15+,16-/m1/s1. The molecular weight excluding hydrogens is 288 g/mol. The summed E-state index contributed by atoms with van der Waals surface area (Å²) in [6, 6.07) is 10.1. The highest BCUT2D eigenvalue weighted by Gasteiger charge is 2.69. The highest BCUT2D eigenvalue weighted by Crippen LogP contribution is 2.56. The van der Waals surface area contributed by atoms with Crippen LogP contribution in [0.25, 0.3) is 0 Å². The molecule has 21 heavy (non-hydrogen) atoms. The summed E-state index contributed by atoms with van der Waals surface area (Å²) in [6.07, 6.45) is 0.136. The molecule has 2 saturated heterocycles. The maximum absolute atomic E-state index is 12.4. The maximum atomic E-state index is 12.4. The fraction of sp³-hybridized carbons (Fsp3) is 0.562. The van der Waals surface area contributed by atoms with Gasteiger partial charge in [0.2, 0.25) is 0 Å². The highest BCUT2D eigenvalue weighted by atomic mass is 32.2. The molecule has 0 unspecified atom stereocenters. The Balaban J connectivity index is 1.56. The normalized spacial score (nSPS) is 44.3. The van der Waals surface area contributed by atoms with Gasteiger partial charge in [-0.1, -0.05) is 18.2 Å². The van der Waals surface area contributed by atoms with Gasteiger partial charge in [-0.3, -0.25) is 4.79 Å². The van der Waals surface area contributed by atoms with Crippen LogP contribution < -0.4 is 0 Å². The number of carbonyl (C=O) groups is 1. The molecule has 5 heteroatoms. The summed E-state index contributed by atoms with van der Waals surface area (Å²) in [4.78, 5) is 13.5. The van der Waals surface area contributed by atoms with E-state index < -0.39 is 17.7 Å². The quantitative estimate of drug-likeness (QED) is 0.868. The third-order valence-corrected chi connectivity index (χ3v) is 6.14. The SMILES string of the molecule is C[C@]12CC(=O)[C@@H]3C[C@@]1(O)O[C@H](O2)[C@@H]3CSc1ccccc1. The molecule has 0 aromatic heterocycles. The van der Waals surface area contributed by atoms with Crippen molar-refractivity contribution in [3.05, 3.63) is 30.3 Å². The van der Waals surface area contributed by atoms with E-state index in [1.807, 2.05) is 18.2 Å². The van der Waals surface area contributed by atoms with E-state index in [1.165, 1.54) is 4.90 Å². The van der Waals surface area contributed by atoms with Gasteiger partial charge in [0, 0.05) is 35.3 Å². The second kappa shape index (κ2) is 4.56. The number of ether oxygens (including phenoxy) is 2. The van der Waals surface area contributed by atoms with E-state index in [-0.39, 0.29) is 24.0 Å². The van der Waals surface area contributed by atoms with Gasteiger partial charge in [0.25, 0.3) is 0 Å². The Morgan fingerprint density at radius 1 is 1.33 bits per heavy atom. The molecule has 5 atom stereocenters. The molecule has 3 fully saturated rings. The molecule has 1 aliphatic carbocycles.